The fourth-order valence-electron chi connectivity index (χ4n) is 3.13. The highest BCUT2D eigenvalue weighted by Gasteiger charge is 2.30. The van der Waals surface area contributed by atoms with E-state index in [1.807, 2.05) is 23.1 Å². The molecule has 2 N–H and O–H groups in total. The van der Waals surface area contributed by atoms with Crippen molar-refractivity contribution < 1.29 is 14.1 Å². The molecule has 30 heavy (non-hydrogen) atoms. The molecule has 4 heterocycles. The van der Waals surface area contributed by atoms with Crippen molar-refractivity contribution in [3.8, 4) is 0 Å². The highest BCUT2D eigenvalue weighted by atomic mass is 16.6. The van der Waals surface area contributed by atoms with Crippen molar-refractivity contribution in [2.24, 2.45) is 0 Å². The first kappa shape index (κ1) is 19.1. The van der Waals surface area contributed by atoms with Gasteiger partial charge in [0.2, 0.25) is 11.6 Å². The normalized spacial score (nSPS) is 13.7. The first-order chi connectivity index (χ1) is 14.6. The summed E-state index contributed by atoms with van der Waals surface area (Å²) in [6.45, 7) is 2.31. The second-order valence-electron chi connectivity index (χ2n) is 6.37. The lowest BCUT2D eigenvalue weighted by atomic mass is 10.3. The van der Waals surface area contributed by atoms with E-state index < -0.39 is 10.8 Å². The third kappa shape index (κ3) is 3.97. The largest absolute Gasteiger partial charge is 0.459 e. The first-order valence-electron chi connectivity index (χ1n) is 9.13. The number of rotatable bonds is 6. The SMILES string of the molecule is O=C(NNc1ncnc(N2CCN(c3ccccn3)CC2)c1[N+](=O)[O-])c1ccco1. The third-order valence-electron chi connectivity index (χ3n) is 4.58. The molecule has 0 bridgehead atoms. The van der Waals surface area contributed by atoms with Crippen LogP contribution in [0, 0.1) is 10.1 Å². The zero-order chi connectivity index (χ0) is 20.9. The number of nitrogens with one attached hydrogen (secondary N) is 2. The van der Waals surface area contributed by atoms with Crippen molar-refractivity contribution in [1.82, 2.24) is 20.4 Å². The number of aromatic nitrogens is 3. The summed E-state index contributed by atoms with van der Waals surface area (Å²) in [6.07, 6.45) is 4.30. The van der Waals surface area contributed by atoms with Gasteiger partial charge in [0.1, 0.15) is 12.1 Å². The standard InChI is InChI=1S/C18H18N8O4/c27-18(13-4-3-11-30-13)23-22-16-15(26(28)29)17(21-12-20-16)25-9-7-24(8-10-25)14-5-1-2-6-19-14/h1-6,11-12H,7-10H2,(H,23,27)(H,20,21,22). The summed E-state index contributed by atoms with van der Waals surface area (Å²) in [7, 11) is 0. The molecular formula is C18H18N8O4. The van der Waals surface area contributed by atoms with E-state index in [4.69, 9.17) is 4.42 Å². The second-order valence-corrected chi connectivity index (χ2v) is 6.37. The Labute approximate surface area is 170 Å². The van der Waals surface area contributed by atoms with E-state index in [2.05, 4.69) is 30.7 Å². The molecule has 0 aromatic carbocycles. The minimum absolute atomic E-state index is 0.0603. The number of pyridine rings is 1. The molecule has 12 heteroatoms. The topological polar surface area (TPSA) is 143 Å². The molecule has 0 radical (unpaired) electrons. The molecule has 1 aliphatic heterocycles. The molecule has 0 saturated carbocycles. The Hall–Kier alpha value is -4.22. The van der Waals surface area contributed by atoms with Crippen molar-refractivity contribution in [3.05, 3.63) is 65.0 Å². The molecule has 0 aliphatic carbocycles. The number of furan rings is 1. The smallest absolute Gasteiger partial charge is 0.355 e. The number of carbonyl (C=O) groups is 1. The predicted octanol–water partition coefficient (Wildman–Crippen LogP) is 1.46. The monoisotopic (exact) mass is 410 g/mol. The Balaban J connectivity index is 1.49. The first-order valence-corrected chi connectivity index (χ1v) is 9.13. The molecule has 154 valence electrons. The van der Waals surface area contributed by atoms with E-state index in [1.54, 1.807) is 12.3 Å². The molecule has 3 aromatic rings. The van der Waals surface area contributed by atoms with Gasteiger partial charge in [0.15, 0.2) is 5.76 Å². The summed E-state index contributed by atoms with van der Waals surface area (Å²) in [5.41, 5.74) is 4.52. The van der Waals surface area contributed by atoms with E-state index in [0.717, 1.165) is 5.82 Å². The van der Waals surface area contributed by atoms with Crippen molar-refractivity contribution in [1.29, 1.82) is 0 Å². The Morgan fingerprint density at radius 2 is 1.87 bits per heavy atom. The molecule has 1 aliphatic rings. The molecule has 1 amide bonds. The third-order valence-corrected chi connectivity index (χ3v) is 4.58. The molecule has 0 unspecified atom stereocenters. The Bertz CT molecular complexity index is 1020. The van der Waals surface area contributed by atoms with Gasteiger partial charge in [0.05, 0.1) is 11.2 Å². The number of piperazine rings is 1. The fraction of sp³-hybridized carbons (Fsp3) is 0.222. The zero-order valence-corrected chi connectivity index (χ0v) is 15.8. The predicted molar refractivity (Wildman–Crippen MR) is 107 cm³/mol. The summed E-state index contributed by atoms with van der Waals surface area (Å²) in [5, 5.41) is 11.8. The van der Waals surface area contributed by atoms with Crippen LogP contribution in [0.1, 0.15) is 10.6 Å². The quantitative estimate of drug-likeness (QED) is 0.453. The Morgan fingerprint density at radius 3 is 2.53 bits per heavy atom. The molecule has 0 atom stereocenters. The molecule has 12 nitrogen and oxygen atoms in total. The van der Waals surface area contributed by atoms with Gasteiger partial charge in [0, 0.05) is 32.4 Å². The van der Waals surface area contributed by atoms with Crippen LogP contribution in [0.3, 0.4) is 0 Å². The van der Waals surface area contributed by atoms with Gasteiger partial charge in [-0.1, -0.05) is 6.07 Å². The maximum absolute atomic E-state index is 12.0. The van der Waals surface area contributed by atoms with E-state index in [-0.39, 0.29) is 23.1 Å². The lowest BCUT2D eigenvalue weighted by Crippen LogP contribution is -2.47. The number of anilines is 3. The number of hydrogen-bond acceptors (Lipinski definition) is 10. The summed E-state index contributed by atoms with van der Waals surface area (Å²) in [5.74, 6) is 0.406. The number of hydrogen-bond donors (Lipinski definition) is 2. The van der Waals surface area contributed by atoms with Crippen molar-refractivity contribution in [2.45, 2.75) is 0 Å². The number of nitrogens with zero attached hydrogens (tertiary/aromatic N) is 6. The Kier molecular flexibility index (Phi) is 5.37. The van der Waals surface area contributed by atoms with E-state index >= 15 is 0 Å². The van der Waals surface area contributed by atoms with Gasteiger partial charge in [-0.05, 0) is 24.3 Å². The molecule has 1 saturated heterocycles. The maximum Gasteiger partial charge on any atom is 0.355 e. The van der Waals surface area contributed by atoms with Gasteiger partial charge in [-0.15, -0.1) is 0 Å². The minimum atomic E-state index is -0.585. The van der Waals surface area contributed by atoms with Crippen LogP contribution in [0.25, 0.3) is 0 Å². The molecule has 3 aromatic heterocycles. The number of carbonyl (C=O) groups excluding carboxylic acids is 1. The summed E-state index contributed by atoms with van der Waals surface area (Å²) in [6, 6.07) is 8.72. The molecule has 4 rings (SSSR count). The molecule has 1 fully saturated rings. The number of nitro groups is 1. The number of amides is 1. The van der Waals surface area contributed by atoms with Gasteiger partial charge in [-0.2, -0.15) is 0 Å². The van der Waals surface area contributed by atoms with Gasteiger partial charge >= 0.3 is 11.6 Å². The lowest BCUT2D eigenvalue weighted by Gasteiger charge is -2.35. The average Bonchev–Trinajstić information content (AvgIpc) is 3.33. The van der Waals surface area contributed by atoms with Crippen LogP contribution in [0.15, 0.2) is 53.5 Å². The van der Waals surface area contributed by atoms with Gasteiger partial charge in [-0.3, -0.25) is 25.8 Å². The zero-order valence-electron chi connectivity index (χ0n) is 15.8. The van der Waals surface area contributed by atoms with E-state index in [0.29, 0.717) is 26.2 Å². The van der Waals surface area contributed by atoms with Gasteiger partial charge < -0.3 is 14.2 Å². The van der Waals surface area contributed by atoms with Crippen LogP contribution in [0.4, 0.5) is 23.1 Å². The van der Waals surface area contributed by atoms with Crippen molar-refractivity contribution in [2.75, 3.05) is 41.4 Å². The highest BCUT2D eigenvalue weighted by molar-refractivity contribution is 5.92. The number of hydrazine groups is 1. The Morgan fingerprint density at radius 1 is 1.07 bits per heavy atom. The van der Waals surface area contributed by atoms with Gasteiger partial charge in [0.25, 0.3) is 0 Å². The summed E-state index contributed by atoms with van der Waals surface area (Å²) in [4.78, 5) is 39.5. The fourth-order valence-corrected chi connectivity index (χ4v) is 3.13. The van der Waals surface area contributed by atoms with Crippen LogP contribution >= 0.6 is 0 Å². The summed E-state index contributed by atoms with van der Waals surface area (Å²) < 4.78 is 4.99. The van der Waals surface area contributed by atoms with Crippen LogP contribution in [0.5, 0.6) is 0 Å². The highest BCUT2D eigenvalue weighted by Crippen LogP contribution is 2.32. The average molecular weight is 410 g/mol. The summed E-state index contributed by atoms with van der Waals surface area (Å²) >= 11 is 0. The van der Waals surface area contributed by atoms with Crippen LogP contribution < -0.4 is 20.7 Å². The van der Waals surface area contributed by atoms with E-state index in [1.165, 1.54) is 18.7 Å². The molecule has 0 spiro atoms. The second kappa shape index (κ2) is 8.43. The van der Waals surface area contributed by atoms with Crippen molar-refractivity contribution >= 4 is 29.0 Å². The van der Waals surface area contributed by atoms with Crippen LogP contribution in [-0.2, 0) is 0 Å². The minimum Gasteiger partial charge on any atom is -0.459 e. The van der Waals surface area contributed by atoms with Gasteiger partial charge in [-0.25, -0.2) is 15.0 Å². The van der Waals surface area contributed by atoms with Crippen molar-refractivity contribution in [3.63, 3.8) is 0 Å². The maximum atomic E-state index is 12.0. The van der Waals surface area contributed by atoms with Crippen LogP contribution in [-0.4, -0.2) is 52.0 Å². The molecular weight excluding hydrogens is 392 g/mol. The van der Waals surface area contributed by atoms with E-state index in [9.17, 15) is 14.9 Å². The van der Waals surface area contributed by atoms with Crippen LogP contribution in [0.2, 0.25) is 0 Å². The lowest BCUT2D eigenvalue weighted by molar-refractivity contribution is -0.383.